The Morgan fingerprint density at radius 2 is 1.43 bits per heavy atom. The molecule has 6 heteroatoms. The Bertz CT molecular complexity index is 880. The van der Waals surface area contributed by atoms with Crippen molar-refractivity contribution in [1.82, 2.24) is 10.2 Å². The third-order valence-electron chi connectivity index (χ3n) is 4.48. The van der Waals surface area contributed by atoms with E-state index in [-0.39, 0.29) is 5.97 Å². The van der Waals surface area contributed by atoms with Gasteiger partial charge in [0.2, 0.25) is 11.8 Å². The van der Waals surface area contributed by atoms with Crippen LogP contribution in [0, 0.1) is 6.92 Å². The van der Waals surface area contributed by atoms with Crippen LogP contribution in [-0.2, 0) is 9.47 Å². The molecule has 0 unspecified atom stereocenters. The van der Waals surface area contributed by atoms with E-state index in [4.69, 9.17) is 9.15 Å². The fourth-order valence-electron chi connectivity index (χ4n) is 2.69. The zero-order valence-corrected chi connectivity index (χ0v) is 18.2. The lowest BCUT2D eigenvalue weighted by molar-refractivity contribution is 0.0600. The summed E-state index contributed by atoms with van der Waals surface area (Å²) in [5.74, 6) is 0.497. The molecule has 0 aliphatic rings. The Kier molecular flexibility index (Phi) is 9.74. The van der Waals surface area contributed by atoms with Crippen LogP contribution in [0.3, 0.4) is 0 Å². The Hall–Kier alpha value is -2.99. The minimum Gasteiger partial charge on any atom is -0.465 e. The maximum absolute atomic E-state index is 11.4. The molecule has 0 fully saturated rings. The monoisotopic (exact) mass is 410 g/mol. The van der Waals surface area contributed by atoms with Gasteiger partial charge in [0.1, 0.15) is 0 Å². The number of rotatable bonds is 8. The van der Waals surface area contributed by atoms with Crippen LogP contribution in [0.1, 0.15) is 48.5 Å². The molecule has 0 radical (unpaired) electrons. The van der Waals surface area contributed by atoms with Crippen molar-refractivity contribution in [1.29, 1.82) is 0 Å². The third-order valence-corrected chi connectivity index (χ3v) is 4.48. The second kappa shape index (κ2) is 12.5. The second-order valence-corrected chi connectivity index (χ2v) is 6.90. The van der Waals surface area contributed by atoms with E-state index in [2.05, 4.69) is 21.9 Å². The maximum atomic E-state index is 11.4. The molecule has 1 heterocycles. The summed E-state index contributed by atoms with van der Waals surface area (Å²) in [7, 11) is 3.11. The molecule has 0 N–H and O–H groups in total. The number of aromatic nitrogens is 2. The van der Waals surface area contributed by atoms with E-state index in [0.29, 0.717) is 17.3 Å². The number of aryl methyl sites for hydroxylation is 1. The number of methoxy groups -OCH3 is 2. The molecular weight excluding hydrogens is 380 g/mol. The van der Waals surface area contributed by atoms with Gasteiger partial charge in [-0.1, -0.05) is 43.9 Å². The molecule has 1 aromatic heterocycles. The Balaban J connectivity index is 0.000000343. The first kappa shape index (κ1) is 23.3. The molecule has 3 rings (SSSR count). The molecule has 0 atom stereocenters. The molecule has 0 saturated heterocycles. The number of hydrogen-bond acceptors (Lipinski definition) is 6. The molecule has 30 heavy (non-hydrogen) atoms. The summed E-state index contributed by atoms with van der Waals surface area (Å²) in [6, 6.07) is 14.7. The molecule has 0 aliphatic carbocycles. The van der Waals surface area contributed by atoms with Crippen LogP contribution >= 0.6 is 0 Å². The lowest BCUT2D eigenvalue weighted by Gasteiger charge is -1.99. The molecular formula is C24H30N2O4. The van der Waals surface area contributed by atoms with E-state index in [1.54, 1.807) is 31.4 Å². The number of hydrogen-bond donors (Lipinski definition) is 0. The van der Waals surface area contributed by atoms with Crippen molar-refractivity contribution in [3.63, 3.8) is 0 Å². The van der Waals surface area contributed by atoms with Crippen molar-refractivity contribution in [2.75, 3.05) is 20.8 Å². The van der Waals surface area contributed by atoms with Gasteiger partial charge in [-0.15, -0.1) is 10.2 Å². The van der Waals surface area contributed by atoms with E-state index in [0.717, 1.165) is 17.7 Å². The number of unbranched alkanes of at least 4 members (excludes halogenated alkanes) is 3. The smallest absolute Gasteiger partial charge is 0.337 e. The van der Waals surface area contributed by atoms with Gasteiger partial charge >= 0.3 is 5.97 Å². The van der Waals surface area contributed by atoms with Crippen molar-refractivity contribution in [3.8, 4) is 22.9 Å². The van der Waals surface area contributed by atoms with Crippen LogP contribution in [0.2, 0.25) is 0 Å². The summed E-state index contributed by atoms with van der Waals surface area (Å²) in [6.45, 7) is 5.17. The average Bonchev–Trinajstić information content (AvgIpc) is 3.27. The van der Waals surface area contributed by atoms with Crippen LogP contribution in [0.25, 0.3) is 22.9 Å². The predicted octanol–water partition coefficient (Wildman–Crippen LogP) is 5.71. The standard InChI is InChI=1S/C17H14N2O3.C7H16O/c1-11-3-5-12(6-4-11)15-18-19-16(22-15)13-7-9-14(10-8-13)17(20)21-2;1-3-4-5-6-7-8-2/h3-10H,1-2H3;3-7H2,1-2H3. The maximum Gasteiger partial charge on any atom is 0.337 e. The SMILES string of the molecule is CCCCCCOC.COC(=O)c1ccc(-c2nnc(-c3ccc(C)cc3)o2)cc1. The molecule has 160 valence electrons. The summed E-state index contributed by atoms with van der Waals surface area (Å²) in [5.41, 5.74) is 3.26. The molecule has 0 spiro atoms. The van der Waals surface area contributed by atoms with Crippen LogP contribution in [-0.4, -0.2) is 37.0 Å². The first-order chi connectivity index (χ1) is 14.6. The van der Waals surface area contributed by atoms with Crippen LogP contribution in [0.15, 0.2) is 52.9 Å². The van der Waals surface area contributed by atoms with Gasteiger partial charge in [-0.3, -0.25) is 0 Å². The van der Waals surface area contributed by atoms with Gasteiger partial charge in [-0.25, -0.2) is 4.79 Å². The number of ether oxygens (including phenoxy) is 2. The van der Waals surface area contributed by atoms with Gasteiger partial charge in [-0.05, 0) is 49.7 Å². The predicted molar refractivity (Wildman–Crippen MR) is 117 cm³/mol. The molecule has 6 nitrogen and oxygen atoms in total. The molecule has 0 amide bonds. The molecule has 0 saturated carbocycles. The second-order valence-electron chi connectivity index (χ2n) is 6.90. The minimum atomic E-state index is -0.377. The number of carbonyl (C=O) groups excluding carboxylic acids is 1. The zero-order valence-electron chi connectivity index (χ0n) is 18.2. The average molecular weight is 411 g/mol. The summed E-state index contributed by atoms with van der Waals surface area (Å²) in [4.78, 5) is 11.4. The molecule has 0 bridgehead atoms. The van der Waals surface area contributed by atoms with Crippen molar-refractivity contribution in [3.05, 3.63) is 59.7 Å². The molecule has 2 aromatic carbocycles. The van der Waals surface area contributed by atoms with Crippen LogP contribution in [0.5, 0.6) is 0 Å². The Morgan fingerprint density at radius 1 is 0.867 bits per heavy atom. The number of esters is 1. The number of carbonyl (C=O) groups is 1. The first-order valence-electron chi connectivity index (χ1n) is 10.2. The van der Waals surface area contributed by atoms with Gasteiger partial charge in [0.15, 0.2) is 0 Å². The summed E-state index contributed by atoms with van der Waals surface area (Å²) >= 11 is 0. The minimum absolute atomic E-state index is 0.377. The van der Waals surface area contributed by atoms with Gasteiger partial charge in [0, 0.05) is 24.8 Å². The van der Waals surface area contributed by atoms with Crippen molar-refractivity contribution < 1.29 is 18.7 Å². The third kappa shape index (κ3) is 7.12. The number of nitrogens with zero attached hydrogens (tertiary/aromatic N) is 2. The molecule has 0 aliphatic heterocycles. The highest BCUT2D eigenvalue weighted by Gasteiger charge is 2.11. The fourth-order valence-corrected chi connectivity index (χ4v) is 2.69. The highest BCUT2D eigenvalue weighted by Crippen LogP contribution is 2.24. The van der Waals surface area contributed by atoms with E-state index >= 15 is 0 Å². The fraction of sp³-hybridized carbons (Fsp3) is 0.375. The van der Waals surface area contributed by atoms with Crippen LogP contribution < -0.4 is 0 Å². The van der Waals surface area contributed by atoms with Gasteiger partial charge < -0.3 is 13.9 Å². The van der Waals surface area contributed by atoms with E-state index < -0.39 is 0 Å². The van der Waals surface area contributed by atoms with Crippen molar-refractivity contribution >= 4 is 5.97 Å². The van der Waals surface area contributed by atoms with Crippen molar-refractivity contribution in [2.24, 2.45) is 0 Å². The quantitative estimate of drug-likeness (QED) is 0.350. The lowest BCUT2D eigenvalue weighted by Crippen LogP contribution is -2.00. The highest BCUT2D eigenvalue weighted by atomic mass is 16.5. The van der Waals surface area contributed by atoms with E-state index in [1.807, 2.05) is 31.2 Å². The lowest BCUT2D eigenvalue weighted by atomic mass is 10.1. The molecule has 3 aromatic rings. The highest BCUT2D eigenvalue weighted by molar-refractivity contribution is 5.89. The Labute approximate surface area is 178 Å². The summed E-state index contributed by atoms with van der Waals surface area (Å²) in [6.07, 6.45) is 5.21. The summed E-state index contributed by atoms with van der Waals surface area (Å²) in [5, 5.41) is 8.10. The summed E-state index contributed by atoms with van der Waals surface area (Å²) < 4.78 is 15.2. The van der Waals surface area contributed by atoms with Crippen molar-refractivity contribution in [2.45, 2.75) is 39.5 Å². The normalized spacial score (nSPS) is 10.3. The zero-order chi connectivity index (χ0) is 21.8. The first-order valence-corrected chi connectivity index (χ1v) is 10.2. The number of benzene rings is 2. The van der Waals surface area contributed by atoms with E-state index in [9.17, 15) is 4.79 Å². The van der Waals surface area contributed by atoms with Gasteiger partial charge in [-0.2, -0.15) is 0 Å². The van der Waals surface area contributed by atoms with Gasteiger partial charge in [0.05, 0.1) is 12.7 Å². The van der Waals surface area contributed by atoms with Gasteiger partial charge in [0.25, 0.3) is 0 Å². The topological polar surface area (TPSA) is 74.5 Å². The Morgan fingerprint density at radius 3 is 1.93 bits per heavy atom. The van der Waals surface area contributed by atoms with Crippen LogP contribution in [0.4, 0.5) is 0 Å². The largest absolute Gasteiger partial charge is 0.465 e. The van der Waals surface area contributed by atoms with E-state index in [1.165, 1.54) is 38.4 Å².